The predicted octanol–water partition coefficient (Wildman–Crippen LogP) is 3.35. The number of carbonyl (C=O) groups is 1. The van der Waals surface area contributed by atoms with Crippen LogP contribution in [0.15, 0.2) is 47.4 Å². The quantitative estimate of drug-likeness (QED) is 0.861. The van der Waals surface area contributed by atoms with Crippen molar-refractivity contribution in [1.29, 1.82) is 5.26 Å². The summed E-state index contributed by atoms with van der Waals surface area (Å²) in [5.74, 6) is -1.98. The second-order valence-electron chi connectivity index (χ2n) is 5.23. The Kier molecular flexibility index (Phi) is 5.77. The Balaban J connectivity index is 2.32. The topological polar surface area (TPSA) is 87.0 Å². The van der Waals surface area contributed by atoms with Crippen molar-refractivity contribution in [3.05, 3.63) is 64.4 Å². The summed E-state index contributed by atoms with van der Waals surface area (Å²) < 4.78 is 39.9. The molecule has 0 heterocycles. The van der Waals surface area contributed by atoms with E-state index in [9.17, 15) is 17.6 Å². The standard InChI is InChI=1S/C17H14ClFN2O3S/c1-2-15(11-3-6-14(19)7-4-11)17(22)21-25(23,24)16-8-5-13(18)9-12(16)10-20/h3-9,15H,2H2,1H3,(H,21,22). The molecule has 0 radical (unpaired) electrons. The molecule has 1 unspecified atom stereocenters. The van der Waals surface area contributed by atoms with Crippen molar-refractivity contribution in [2.75, 3.05) is 0 Å². The molecule has 2 aromatic rings. The molecule has 2 aromatic carbocycles. The van der Waals surface area contributed by atoms with E-state index in [1.807, 2.05) is 4.72 Å². The second-order valence-corrected chi connectivity index (χ2v) is 7.32. The third-order valence-electron chi connectivity index (χ3n) is 3.58. The van der Waals surface area contributed by atoms with Gasteiger partial charge in [0.25, 0.3) is 10.0 Å². The van der Waals surface area contributed by atoms with Crippen LogP contribution >= 0.6 is 11.6 Å². The average molecular weight is 381 g/mol. The highest BCUT2D eigenvalue weighted by Crippen LogP contribution is 2.23. The van der Waals surface area contributed by atoms with Crippen LogP contribution in [-0.4, -0.2) is 14.3 Å². The number of nitrogens with one attached hydrogen (secondary N) is 1. The van der Waals surface area contributed by atoms with Gasteiger partial charge in [0, 0.05) is 5.02 Å². The third kappa shape index (κ3) is 4.35. The molecule has 2 rings (SSSR count). The van der Waals surface area contributed by atoms with Crippen LogP contribution in [0.2, 0.25) is 5.02 Å². The molecule has 0 aliphatic carbocycles. The van der Waals surface area contributed by atoms with Gasteiger partial charge in [0.05, 0.1) is 11.5 Å². The van der Waals surface area contributed by atoms with Gasteiger partial charge in [-0.1, -0.05) is 30.7 Å². The van der Waals surface area contributed by atoms with Gasteiger partial charge in [0.15, 0.2) is 0 Å². The van der Waals surface area contributed by atoms with E-state index in [1.165, 1.54) is 36.4 Å². The molecule has 0 spiro atoms. The number of hydrogen-bond donors (Lipinski definition) is 1. The fourth-order valence-corrected chi connectivity index (χ4v) is 3.68. The first-order chi connectivity index (χ1) is 11.8. The van der Waals surface area contributed by atoms with E-state index in [1.54, 1.807) is 13.0 Å². The maximum atomic E-state index is 13.0. The summed E-state index contributed by atoms with van der Waals surface area (Å²) in [6.45, 7) is 1.71. The van der Waals surface area contributed by atoms with Crippen molar-refractivity contribution in [1.82, 2.24) is 4.72 Å². The Morgan fingerprint density at radius 3 is 2.48 bits per heavy atom. The number of nitriles is 1. The lowest BCUT2D eigenvalue weighted by molar-refractivity contribution is -0.120. The first-order valence-corrected chi connectivity index (χ1v) is 9.16. The largest absolute Gasteiger partial charge is 0.273 e. The molecule has 0 bridgehead atoms. The van der Waals surface area contributed by atoms with Crippen molar-refractivity contribution in [3.63, 3.8) is 0 Å². The van der Waals surface area contributed by atoms with E-state index in [2.05, 4.69) is 0 Å². The van der Waals surface area contributed by atoms with Crippen molar-refractivity contribution < 1.29 is 17.6 Å². The fraction of sp³-hybridized carbons (Fsp3) is 0.176. The SMILES string of the molecule is CCC(C(=O)NS(=O)(=O)c1ccc(Cl)cc1C#N)c1ccc(F)cc1. The lowest BCUT2D eigenvalue weighted by Crippen LogP contribution is -2.35. The summed E-state index contributed by atoms with van der Waals surface area (Å²) >= 11 is 5.75. The van der Waals surface area contributed by atoms with E-state index >= 15 is 0 Å². The number of carbonyl (C=O) groups excluding carboxylic acids is 1. The zero-order chi connectivity index (χ0) is 18.6. The number of nitrogens with zero attached hydrogens (tertiary/aromatic N) is 1. The van der Waals surface area contributed by atoms with E-state index in [-0.39, 0.29) is 15.5 Å². The van der Waals surface area contributed by atoms with Gasteiger partial charge in [-0.2, -0.15) is 5.26 Å². The smallest absolute Gasteiger partial charge is 0.265 e. The summed E-state index contributed by atoms with van der Waals surface area (Å²) in [6, 6.07) is 10.7. The Bertz CT molecular complexity index is 937. The van der Waals surface area contributed by atoms with Crippen LogP contribution in [0.1, 0.15) is 30.4 Å². The molecule has 0 aromatic heterocycles. The Morgan fingerprint density at radius 2 is 1.92 bits per heavy atom. The van der Waals surface area contributed by atoms with Crippen molar-refractivity contribution >= 4 is 27.5 Å². The maximum Gasteiger partial charge on any atom is 0.265 e. The van der Waals surface area contributed by atoms with Crippen LogP contribution in [0, 0.1) is 17.1 Å². The molecule has 0 saturated heterocycles. The van der Waals surface area contributed by atoms with Crippen LogP contribution < -0.4 is 4.72 Å². The number of hydrogen-bond acceptors (Lipinski definition) is 4. The molecule has 130 valence electrons. The summed E-state index contributed by atoms with van der Waals surface area (Å²) in [5, 5.41) is 9.29. The van der Waals surface area contributed by atoms with Crippen LogP contribution in [0.4, 0.5) is 4.39 Å². The van der Waals surface area contributed by atoms with Gasteiger partial charge in [-0.3, -0.25) is 4.79 Å². The molecule has 1 N–H and O–H groups in total. The van der Waals surface area contributed by atoms with Gasteiger partial charge in [0.2, 0.25) is 5.91 Å². The van der Waals surface area contributed by atoms with Crippen molar-refractivity contribution in [2.45, 2.75) is 24.2 Å². The van der Waals surface area contributed by atoms with Crippen molar-refractivity contribution in [3.8, 4) is 6.07 Å². The van der Waals surface area contributed by atoms with E-state index in [4.69, 9.17) is 16.9 Å². The highest BCUT2D eigenvalue weighted by atomic mass is 35.5. The first kappa shape index (κ1) is 18.9. The number of sulfonamides is 1. The highest BCUT2D eigenvalue weighted by molar-refractivity contribution is 7.90. The monoisotopic (exact) mass is 380 g/mol. The molecule has 0 saturated carbocycles. The fourth-order valence-electron chi connectivity index (χ4n) is 2.35. The van der Waals surface area contributed by atoms with Crippen molar-refractivity contribution in [2.24, 2.45) is 0 Å². The van der Waals surface area contributed by atoms with Crippen LogP contribution in [0.3, 0.4) is 0 Å². The van der Waals surface area contributed by atoms with Gasteiger partial charge in [-0.15, -0.1) is 0 Å². The number of halogens is 2. The van der Waals surface area contributed by atoms with E-state index in [0.717, 1.165) is 6.07 Å². The zero-order valence-corrected chi connectivity index (χ0v) is 14.7. The van der Waals surface area contributed by atoms with Crippen LogP contribution in [0.25, 0.3) is 0 Å². The average Bonchev–Trinajstić information content (AvgIpc) is 2.56. The molecule has 0 aliphatic rings. The molecular formula is C17H14ClFN2O3S. The minimum Gasteiger partial charge on any atom is -0.273 e. The molecule has 1 amide bonds. The minimum atomic E-state index is -4.25. The van der Waals surface area contributed by atoms with Gasteiger partial charge in [0.1, 0.15) is 16.8 Å². The number of rotatable bonds is 5. The van der Waals surface area contributed by atoms with Gasteiger partial charge in [-0.05, 0) is 42.3 Å². The van der Waals surface area contributed by atoms with E-state index in [0.29, 0.717) is 12.0 Å². The summed E-state index contributed by atoms with van der Waals surface area (Å²) in [5.41, 5.74) is 0.329. The highest BCUT2D eigenvalue weighted by Gasteiger charge is 2.26. The normalized spacial score (nSPS) is 12.2. The molecular weight excluding hydrogens is 367 g/mol. The summed E-state index contributed by atoms with van der Waals surface area (Å²) in [6.07, 6.45) is 0.318. The summed E-state index contributed by atoms with van der Waals surface area (Å²) in [7, 11) is -4.25. The first-order valence-electron chi connectivity index (χ1n) is 7.30. The molecule has 25 heavy (non-hydrogen) atoms. The van der Waals surface area contributed by atoms with Gasteiger partial charge >= 0.3 is 0 Å². The second kappa shape index (κ2) is 7.64. The number of benzene rings is 2. The Labute approximate surface area is 150 Å². The molecule has 0 aliphatic heterocycles. The zero-order valence-electron chi connectivity index (χ0n) is 13.2. The number of amides is 1. The molecule has 0 fully saturated rings. The van der Waals surface area contributed by atoms with E-state index < -0.39 is 27.7 Å². The molecule has 5 nitrogen and oxygen atoms in total. The third-order valence-corrected chi connectivity index (χ3v) is 5.22. The molecule has 1 atom stereocenters. The van der Waals surface area contributed by atoms with Gasteiger partial charge < -0.3 is 0 Å². The van der Waals surface area contributed by atoms with Gasteiger partial charge in [-0.25, -0.2) is 17.5 Å². The Morgan fingerprint density at radius 1 is 1.28 bits per heavy atom. The lowest BCUT2D eigenvalue weighted by atomic mass is 9.96. The van der Waals surface area contributed by atoms with Crippen LogP contribution in [-0.2, 0) is 14.8 Å². The maximum absolute atomic E-state index is 13.0. The minimum absolute atomic E-state index is 0.164. The molecule has 8 heteroatoms. The predicted molar refractivity (Wildman–Crippen MR) is 90.9 cm³/mol. The lowest BCUT2D eigenvalue weighted by Gasteiger charge is -2.16. The Hall–Kier alpha value is -2.43. The van der Waals surface area contributed by atoms with Crippen LogP contribution in [0.5, 0.6) is 0 Å². The summed E-state index contributed by atoms with van der Waals surface area (Å²) in [4.78, 5) is 12.1.